The lowest BCUT2D eigenvalue weighted by Gasteiger charge is -2.43. The highest BCUT2D eigenvalue weighted by Crippen LogP contribution is 2.41. The van der Waals surface area contributed by atoms with Gasteiger partial charge in [-0.05, 0) is 55.8 Å². The number of halogens is 2. The van der Waals surface area contributed by atoms with Gasteiger partial charge >= 0.3 is 6.01 Å². The molecule has 0 aliphatic carbocycles. The molecule has 8 nitrogen and oxygen atoms in total. The van der Waals surface area contributed by atoms with Crippen molar-refractivity contribution in [2.45, 2.75) is 56.4 Å². The van der Waals surface area contributed by atoms with Gasteiger partial charge in [-0.25, -0.2) is 4.39 Å². The number of likely N-dealkylation sites (tertiary alicyclic amines) is 1. The summed E-state index contributed by atoms with van der Waals surface area (Å²) >= 11 is 6.70. The van der Waals surface area contributed by atoms with Gasteiger partial charge in [0.2, 0.25) is 5.91 Å². The molecule has 2 aromatic carbocycles. The minimum atomic E-state index is -0.820. The first-order chi connectivity index (χ1) is 20.8. The van der Waals surface area contributed by atoms with Crippen LogP contribution in [0.5, 0.6) is 6.01 Å². The third kappa shape index (κ3) is 5.10. The van der Waals surface area contributed by atoms with E-state index in [0.717, 1.165) is 83.9 Å². The first kappa shape index (κ1) is 28.3. The molecule has 1 aromatic heterocycles. The zero-order valence-electron chi connectivity index (χ0n) is 24.6. The van der Waals surface area contributed by atoms with Gasteiger partial charge in [-0.3, -0.25) is 9.69 Å². The minimum Gasteiger partial charge on any atom is -0.461 e. The van der Waals surface area contributed by atoms with Gasteiger partial charge in [-0.1, -0.05) is 42.4 Å². The van der Waals surface area contributed by atoms with Crippen molar-refractivity contribution in [2.24, 2.45) is 0 Å². The van der Waals surface area contributed by atoms with Crippen LogP contribution >= 0.6 is 11.6 Å². The van der Waals surface area contributed by atoms with Crippen LogP contribution in [-0.2, 0) is 17.8 Å². The molecular weight excluding hydrogens is 567 g/mol. The van der Waals surface area contributed by atoms with Gasteiger partial charge in [0.05, 0.1) is 28.8 Å². The van der Waals surface area contributed by atoms with Crippen LogP contribution in [-0.4, -0.2) is 89.8 Å². The number of hydrogen-bond donors (Lipinski definition) is 0. The number of rotatable bonds is 8. The fraction of sp³-hybridized carbons (Fsp3) is 0.485. The molecule has 0 saturated carbocycles. The lowest BCUT2D eigenvalue weighted by molar-refractivity contribution is -0.132. The van der Waals surface area contributed by atoms with E-state index in [2.05, 4.69) is 45.5 Å². The number of fused-ring (bicyclic) bond motifs is 3. The van der Waals surface area contributed by atoms with Gasteiger partial charge in [0, 0.05) is 56.3 Å². The highest BCUT2D eigenvalue weighted by atomic mass is 35.5. The molecule has 0 N–H and O–H groups in total. The van der Waals surface area contributed by atoms with E-state index >= 15 is 0 Å². The molecule has 0 bridgehead atoms. The third-order valence-electron chi connectivity index (χ3n) is 9.87. The molecule has 5 heterocycles. The second kappa shape index (κ2) is 11.2. The Bertz CT molecular complexity index is 1560. The van der Waals surface area contributed by atoms with Crippen LogP contribution in [0.2, 0.25) is 5.02 Å². The Balaban J connectivity index is 1.20. The van der Waals surface area contributed by atoms with Gasteiger partial charge in [0.15, 0.2) is 0 Å². The minimum absolute atomic E-state index is 0.0362. The van der Waals surface area contributed by atoms with Crippen LogP contribution in [0.25, 0.3) is 10.8 Å². The SMILES string of the molecule is C=CC(=O)N1CCC1CN(C)c1nc(OC[C@@]23CCCN2C[C@H](F)C3)nc2c1CCN(c1cccc3cccc(Cl)c13)C2. The van der Waals surface area contributed by atoms with Crippen molar-refractivity contribution in [2.75, 3.05) is 56.2 Å². The molecule has 1 amide bonds. The van der Waals surface area contributed by atoms with Crippen molar-refractivity contribution in [1.82, 2.24) is 19.8 Å². The van der Waals surface area contributed by atoms with Crippen molar-refractivity contribution in [1.29, 1.82) is 0 Å². The molecule has 4 aliphatic rings. The molecule has 43 heavy (non-hydrogen) atoms. The van der Waals surface area contributed by atoms with Gasteiger partial charge in [0.25, 0.3) is 0 Å². The number of anilines is 2. The predicted molar refractivity (Wildman–Crippen MR) is 168 cm³/mol. The van der Waals surface area contributed by atoms with Crippen LogP contribution in [0.4, 0.5) is 15.9 Å². The number of amides is 1. The smallest absolute Gasteiger partial charge is 0.318 e. The Labute approximate surface area is 257 Å². The van der Waals surface area contributed by atoms with Crippen LogP contribution in [0, 0.1) is 0 Å². The Morgan fingerprint density at radius 2 is 2.07 bits per heavy atom. The van der Waals surface area contributed by atoms with E-state index in [9.17, 15) is 9.18 Å². The quantitative estimate of drug-likeness (QED) is 0.335. The van der Waals surface area contributed by atoms with Gasteiger partial charge in [-0.2, -0.15) is 9.97 Å². The van der Waals surface area contributed by atoms with E-state index in [1.807, 2.05) is 24.1 Å². The first-order valence-electron chi connectivity index (χ1n) is 15.3. The first-order valence-corrected chi connectivity index (χ1v) is 15.7. The maximum Gasteiger partial charge on any atom is 0.318 e. The Kier molecular flexibility index (Phi) is 7.42. The third-order valence-corrected chi connectivity index (χ3v) is 10.2. The highest BCUT2D eigenvalue weighted by molar-refractivity contribution is 6.36. The average molecular weight is 605 g/mol. The maximum atomic E-state index is 14.4. The normalized spacial score (nSPS) is 24.9. The van der Waals surface area contributed by atoms with E-state index in [1.165, 1.54) is 6.08 Å². The zero-order valence-corrected chi connectivity index (χ0v) is 25.4. The molecule has 0 spiro atoms. The predicted octanol–water partition coefficient (Wildman–Crippen LogP) is 5.02. The number of ether oxygens (including phenoxy) is 1. The average Bonchev–Trinajstić information content (AvgIpc) is 3.52. The molecule has 4 aliphatic heterocycles. The Morgan fingerprint density at radius 1 is 1.23 bits per heavy atom. The molecule has 1 unspecified atom stereocenters. The van der Waals surface area contributed by atoms with Crippen LogP contribution in [0.15, 0.2) is 49.1 Å². The van der Waals surface area contributed by atoms with Crippen LogP contribution in [0.3, 0.4) is 0 Å². The number of carbonyl (C=O) groups is 1. The number of benzene rings is 2. The summed E-state index contributed by atoms with van der Waals surface area (Å²) in [4.78, 5) is 30.8. The zero-order chi connectivity index (χ0) is 29.7. The summed E-state index contributed by atoms with van der Waals surface area (Å²) in [5.74, 6) is 0.801. The fourth-order valence-corrected chi connectivity index (χ4v) is 7.88. The Morgan fingerprint density at radius 3 is 2.86 bits per heavy atom. The van der Waals surface area contributed by atoms with Crippen molar-refractivity contribution in [3.8, 4) is 6.01 Å². The largest absolute Gasteiger partial charge is 0.461 e. The lowest BCUT2D eigenvalue weighted by atomic mass is 9.95. The van der Waals surface area contributed by atoms with Crippen molar-refractivity contribution < 1.29 is 13.9 Å². The Hall–Kier alpha value is -3.43. The van der Waals surface area contributed by atoms with E-state index < -0.39 is 6.17 Å². The standard InChI is InChI=1S/C33H38ClFN6O2/c1-3-29(42)41-16-11-24(41)19-38(2)31-25-12-15-39(28-10-5-8-22-7-4-9-26(34)30(22)28)20-27(25)36-32(37-31)43-21-33-13-6-14-40(33)18-23(35)17-33/h3-5,7-10,23-24H,1,6,11-21H2,2H3/t23-,24?,33+/m1/s1. The summed E-state index contributed by atoms with van der Waals surface area (Å²) in [6.07, 6.45) is 4.75. The number of carbonyl (C=O) groups excluding carboxylic acids is 1. The number of likely N-dealkylation sites (N-methyl/N-ethyl adjacent to an activating group) is 1. The second-order valence-electron chi connectivity index (χ2n) is 12.5. The molecule has 7 rings (SSSR count). The molecular formula is C33H38ClFN6O2. The van der Waals surface area contributed by atoms with Crippen molar-refractivity contribution in [3.63, 3.8) is 0 Å². The van der Waals surface area contributed by atoms with E-state index in [1.54, 1.807) is 0 Å². The summed E-state index contributed by atoms with van der Waals surface area (Å²) < 4.78 is 20.8. The monoisotopic (exact) mass is 604 g/mol. The van der Waals surface area contributed by atoms with Gasteiger partial charge in [0.1, 0.15) is 18.6 Å². The van der Waals surface area contributed by atoms with Gasteiger partial charge in [-0.15, -0.1) is 0 Å². The van der Waals surface area contributed by atoms with Crippen LogP contribution < -0.4 is 14.5 Å². The van der Waals surface area contributed by atoms with E-state index in [-0.39, 0.29) is 17.5 Å². The number of nitrogens with zero attached hydrogens (tertiary/aromatic N) is 6. The molecule has 10 heteroatoms. The fourth-order valence-electron chi connectivity index (χ4n) is 7.60. The molecule has 3 atom stereocenters. The lowest BCUT2D eigenvalue weighted by Crippen LogP contribution is -2.55. The summed E-state index contributed by atoms with van der Waals surface area (Å²) in [6, 6.07) is 12.7. The summed E-state index contributed by atoms with van der Waals surface area (Å²) in [7, 11) is 2.03. The molecule has 3 saturated heterocycles. The highest BCUT2D eigenvalue weighted by Gasteiger charge is 2.49. The second-order valence-corrected chi connectivity index (χ2v) is 12.9. The summed E-state index contributed by atoms with van der Waals surface area (Å²) in [5, 5.41) is 2.87. The molecule has 226 valence electrons. The number of aromatic nitrogens is 2. The van der Waals surface area contributed by atoms with Crippen molar-refractivity contribution in [3.05, 3.63) is 65.3 Å². The number of alkyl halides is 1. The van der Waals surface area contributed by atoms with Crippen molar-refractivity contribution >= 4 is 39.8 Å². The van der Waals surface area contributed by atoms with Crippen LogP contribution in [0.1, 0.15) is 36.9 Å². The summed E-state index contributed by atoms with van der Waals surface area (Å²) in [6.45, 7) is 8.21. The molecule has 0 radical (unpaired) electrons. The van der Waals surface area contributed by atoms with E-state index in [0.29, 0.717) is 38.7 Å². The van der Waals surface area contributed by atoms with E-state index in [4.69, 9.17) is 26.3 Å². The molecule has 3 fully saturated rings. The summed E-state index contributed by atoms with van der Waals surface area (Å²) in [5.41, 5.74) is 2.82. The topological polar surface area (TPSA) is 65.0 Å². The number of hydrogen-bond acceptors (Lipinski definition) is 7. The van der Waals surface area contributed by atoms with Gasteiger partial charge < -0.3 is 19.4 Å². The molecule has 3 aromatic rings. The maximum absolute atomic E-state index is 14.4.